The first kappa shape index (κ1) is 12.2. The maximum Gasteiger partial charge on any atom is 0.137 e. The van der Waals surface area contributed by atoms with E-state index in [4.69, 9.17) is 4.74 Å². The lowest BCUT2D eigenvalue weighted by molar-refractivity contribution is -0.118. The largest absolute Gasteiger partial charge is 0.496 e. The molecule has 0 fully saturated rings. The minimum atomic E-state index is 0.322. The number of carbonyl (C=O) groups is 1. The lowest BCUT2D eigenvalue weighted by Crippen LogP contribution is -2.11. The summed E-state index contributed by atoms with van der Waals surface area (Å²) in [5, 5.41) is 0. The monoisotopic (exact) mass is 232 g/mol. The molecule has 0 saturated heterocycles. The van der Waals surface area contributed by atoms with Gasteiger partial charge in [-0.25, -0.2) is 0 Å². The molecule has 1 aromatic rings. The van der Waals surface area contributed by atoms with Gasteiger partial charge in [0.05, 0.1) is 7.11 Å². The molecule has 0 aliphatic heterocycles. The topological polar surface area (TPSA) is 26.3 Å². The summed E-state index contributed by atoms with van der Waals surface area (Å²) < 4.78 is 5.41. The third-order valence-corrected chi connectivity index (χ3v) is 3.59. The third kappa shape index (κ3) is 2.51. The van der Waals surface area contributed by atoms with Crippen LogP contribution in [0, 0.1) is 0 Å². The number of fused-ring (bicyclic) bond motifs is 1. The summed E-state index contributed by atoms with van der Waals surface area (Å²) >= 11 is 0. The van der Waals surface area contributed by atoms with Crippen molar-refractivity contribution < 1.29 is 9.53 Å². The summed E-state index contributed by atoms with van der Waals surface area (Å²) in [4.78, 5) is 11.6. The van der Waals surface area contributed by atoms with Crippen LogP contribution in [0.3, 0.4) is 0 Å². The summed E-state index contributed by atoms with van der Waals surface area (Å²) in [5.41, 5.74) is 3.92. The van der Waals surface area contributed by atoms with Crippen molar-refractivity contribution in [3.63, 3.8) is 0 Å². The fourth-order valence-electron chi connectivity index (χ4n) is 2.60. The number of rotatable bonds is 4. The summed E-state index contributed by atoms with van der Waals surface area (Å²) in [7, 11) is 1.72. The molecule has 0 amide bonds. The molecule has 0 atom stereocenters. The Morgan fingerprint density at radius 2 is 1.94 bits per heavy atom. The van der Waals surface area contributed by atoms with Crippen LogP contribution in [0.5, 0.6) is 5.75 Å². The molecule has 0 radical (unpaired) electrons. The van der Waals surface area contributed by atoms with Crippen LogP contribution in [0.4, 0.5) is 0 Å². The number of carbonyl (C=O) groups excluding carboxylic acids is 1. The zero-order valence-corrected chi connectivity index (χ0v) is 10.7. The quantitative estimate of drug-likeness (QED) is 0.797. The van der Waals surface area contributed by atoms with Crippen LogP contribution in [0.15, 0.2) is 12.1 Å². The van der Waals surface area contributed by atoms with Gasteiger partial charge in [-0.1, -0.05) is 13.0 Å². The maximum absolute atomic E-state index is 11.6. The fourth-order valence-corrected chi connectivity index (χ4v) is 2.60. The molecular weight excluding hydrogens is 212 g/mol. The second kappa shape index (κ2) is 5.35. The van der Waals surface area contributed by atoms with E-state index in [2.05, 4.69) is 6.07 Å². The van der Waals surface area contributed by atoms with E-state index in [0.29, 0.717) is 18.6 Å². The smallest absolute Gasteiger partial charge is 0.137 e. The summed E-state index contributed by atoms with van der Waals surface area (Å²) in [6, 6.07) is 4.08. The number of ketones is 1. The lowest BCUT2D eigenvalue weighted by Gasteiger charge is -2.21. The highest BCUT2D eigenvalue weighted by Gasteiger charge is 2.18. The molecule has 0 saturated carbocycles. The molecular formula is C15H20O2. The van der Waals surface area contributed by atoms with Gasteiger partial charge in [-0.3, -0.25) is 4.79 Å². The number of hydrogen-bond donors (Lipinski definition) is 0. The van der Waals surface area contributed by atoms with Crippen molar-refractivity contribution in [2.45, 2.75) is 45.4 Å². The van der Waals surface area contributed by atoms with Crippen LogP contribution in [0.2, 0.25) is 0 Å². The van der Waals surface area contributed by atoms with E-state index in [1.165, 1.54) is 29.5 Å². The van der Waals surface area contributed by atoms with Gasteiger partial charge in [0, 0.05) is 12.8 Å². The first-order valence-electron chi connectivity index (χ1n) is 6.45. The van der Waals surface area contributed by atoms with Crippen LogP contribution < -0.4 is 4.74 Å². The summed E-state index contributed by atoms with van der Waals surface area (Å²) in [6.07, 6.45) is 5.86. The molecule has 1 aliphatic rings. The predicted molar refractivity (Wildman–Crippen MR) is 68.6 cm³/mol. The fraction of sp³-hybridized carbons (Fsp3) is 0.533. The molecule has 0 heterocycles. The van der Waals surface area contributed by atoms with Gasteiger partial charge in [0.25, 0.3) is 0 Å². The molecule has 0 aromatic heterocycles. The Hall–Kier alpha value is -1.31. The van der Waals surface area contributed by atoms with Crippen LogP contribution in [0.25, 0.3) is 0 Å². The van der Waals surface area contributed by atoms with E-state index in [9.17, 15) is 4.79 Å². The van der Waals surface area contributed by atoms with E-state index in [1.54, 1.807) is 7.11 Å². The van der Waals surface area contributed by atoms with Gasteiger partial charge in [-0.05, 0) is 48.4 Å². The molecule has 2 rings (SSSR count). The van der Waals surface area contributed by atoms with E-state index < -0.39 is 0 Å². The normalized spacial score (nSPS) is 14.2. The number of Topliss-reactive ketones (excluding diaryl/α,β-unsaturated/α-hetero) is 1. The Morgan fingerprint density at radius 3 is 2.59 bits per heavy atom. The van der Waals surface area contributed by atoms with Gasteiger partial charge in [-0.15, -0.1) is 0 Å². The Kier molecular flexibility index (Phi) is 3.82. The van der Waals surface area contributed by atoms with E-state index >= 15 is 0 Å². The van der Waals surface area contributed by atoms with Crippen molar-refractivity contribution in [1.82, 2.24) is 0 Å². The molecule has 0 N–H and O–H groups in total. The van der Waals surface area contributed by atoms with Crippen LogP contribution in [-0.2, 0) is 24.1 Å². The molecule has 0 spiro atoms. The van der Waals surface area contributed by atoms with Gasteiger partial charge in [0.15, 0.2) is 0 Å². The lowest BCUT2D eigenvalue weighted by atomic mass is 9.86. The van der Waals surface area contributed by atoms with Crippen molar-refractivity contribution in [3.05, 3.63) is 28.8 Å². The summed E-state index contributed by atoms with van der Waals surface area (Å²) in [5.74, 6) is 1.32. The van der Waals surface area contributed by atoms with Gasteiger partial charge >= 0.3 is 0 Å². The number of benzene rings is 1. The van der Waals surface area contributed by atoms with E-state index in [-0.39, 0.29) is 0 Å². The van der Waals surface area contributed by atoms with Gasteiger partial charge in [0.2, 0.25) is 0 Å². The number of hydrogen-bond acceptors (Lipinski definition) is 2. The van der Waals surface area contributed by atoms with Crippen LogP contribution in [0.1, 0.15) is 42.9 Å². The van der Waals surface area contributed by atoms with Gasteiger partial charge in [0.1, 0.15) is 11.5 Å². The number of methoxy groups -OCH3 is 1. The standard InChI is InChI=1S/C15H20O2/c1-3-12(16)10-11-8-9-15(17-2)14-7-5-4-6-13(11)14/h8-9H,3-7,10H2,1-2H3. The van der Waals surface area contributed by atoms with E-state index in [0.717, 1.165) is 18.6 Å². The van der Waals surface area contributed by atoms with Crippen molar-refractivity contribution >= 4 is 5.78 Å². The Balaban J connectivity index is 2.37. The zero-order valence-electron chi connectivity index (χ0n) is 10.7. The SMILES string of the molecule is CCC(=O)Cc1ccc(OC)c2c1CCCC2. The first-order chi connectivity index (χ1) is 8.26. The minimum Gasteiger partial charge on any atom is -0.496 e. The van der Waals surface area contributed by atoms with E-state index in [1.807, 2.05) is 13.0 Å². The predicted octanol–water partition coefficient (Wildman–Crippen LogP) is 3.10. The van der Waals surface area contributed by atoms with Crippen molar-refractivity contribution in [2.75, 3.05) is 7.11 Å². The third-order valence-electron chi connectivity index (χ3n) is 3.59. The highest BCUT2D eigenvalue weighted by molar-refractivity contribution is 5.81. The molecule has 17 heavy (non-hydrogen) atoms. The van der Waals surface area contributed by atoms with Gasteiger partial charge in [-0.2, -0.15) is 0 Å². The molecule has 0 bridgehead atoms. The van der Waals surface area contributed by atoms with Crippen molar-refractivity contribution in [1.29, 1.82) is 0 Å². The Morgan fingerprint density at radius 1 is 1.24 bits per heavy atom. The second-order valence-electron chi connectivity index (χ2n) is 4.66. The highest BCUT2D eigenvalue weighted by Crippen LogP contribution is 2.32. The van der Waals surface area contributed by atoms with Crippen LogP contribution >= 0.6 is 0 Å². The molecule has 2 nitrogen and oxygen atoms in total. The molecule has 1 aromatic carbocycles. The van der Waals surface area contributed by atoms with Gasteiger partial charge < -0.3 is 4.74 Å². The first-order valence-corrected chi connectivity index (χ1v) is 6.45. The Labute approximate surface area is 103 Å². The molecule has 2 heteroatoms. The zero-order chi connectivity index (χ0) is 12.3. The summed E-state index contributed by atoms with van der Waals surface area (Å²) in [6.45, 7) is 1.93. The molecule has 0 unspecified atom stereocenters. The average Bonchev–Trinajstić information content (AvgIpc) is 2.39. The van der Waals surface area contributed by atoms with Crippen molar-refractivity contribution in [2.24, 2.45) is 0 Å². The van der Waals surface area contributed by atoms with Crippen molar-refractivity contribution in [3.8, 4) is 5.75 Å². The molecule has 1 aliphatic carbocycles. The maximum atomic E-state index is 11.6. The Bertz CT molecular complexity index is 421. The minimum absolute atomic E-state index is 0.322. The highest BCUT2D eigenvalue weighted by atomic mass is 16.5. The molecule has 92 valence electrons. The second-order valence-corrected chi connectivity index (χ2v) is 4.66. The average molecular weight is 232 g/mol. The van der Waals surface area contributed by atoms with Crippen LogP contribution in [-0.4, -0.2) is 12.9 Å². The number of ether oxygens (including phenoxy) is 1.